The van der Waals surface area contributed by atoms with Crippen LogP contribution >= 0.6 is 0 Å². The summed E-state index contributed by atoms with van der Waals surface area (Å²) in [4.78, 5) is 1.08. The van der Waals surface area contributed by atoms with Crippen LogP contribution in [0.3, 0.4) is 0 Å². The molecule has 0 saturated carbocycles. The Morgan fingerprint density at radius 1 is 0.271 bits per heavy atom. The highest BCUT2D eigenvalue weighted by atomic mass is 16.4. The second-order valence-corrected chi connectivity index (χ2v) is 16.3. The summed E-state index contributed by atoms with van der Waals surface area (Å²) in [6.45, 7) is 0. The number of fused-ring (bicyclic) bond motifs is 3. The Bertz CT molecular complexity index is 3590. The first-order valence-electron chi connectivity index (χ1n) is 21.2. The second-order valence-electron chi connectivity index (χ2n) is 16.3. The Kier molecular flexibility index (Phi) is 10.2. The molecule has 9 aromatic carbocycles. The fourth-order valence-electron chi connectivity index (χ4n) is 8.94. The molecule has 0 fully saturated rings. The van der Waals surface area contributed by atoms with Crippen molar-refractivity contribution in [1.29, 1.82) is 0 Å². The lowest BCUT2D eigenvalue weighted by atomic mass is 9.93. The lowest BCUT2D eigenvalue weighted by Crippen LogP contribution is -2.11. The van der Waals surface area contributed by atoms with Crippen molar-refractivity contribution in [3.8, 4) is 131 Å². The Morgan fingerprint density at radius 2 is 0.686 bits per heavy atom. The number of anilines is 3. The van der Waals surface area contributed by atoms with Crippen LogP contribution in [-0.4, -0.2) is 76.1 Å². The summed E-state index contributed by atoms with van der Waals surface area (Å²) in [5.74, 6) is -16.4. The predicted molar refractivity (Wildman–Crippen MR) is 261 cm³/mol. The lowest BCUT2D eigenvalue weighted by Gasteiger charge is -2.29. The summed E-state index contributed by atoms with van der Waals surface area (Å²) in [5, 5.41) is 157. The van der Waals surface area contributed by atoms with E-state index in [-0.39, 0.29) is 22.5 Å². The van der Waals surface area contributed by atoms with E-state index in [4.69, 9.17) is 0 Å². The van der Waals surface area contributed by atoms with E-state index in [0.29, 0.717) is 5.56 Å². The zero-order chi connectivity index (χ0) is 49.4. The van der Waals surface area contributed by atoms with E-state index >= 15 is 0 Å². The standard InChI is InChI=1S/C54H38N2O14/c57-41-37(26-9-3-1-4-10-26)42(58)48(64)40(47(41)63)55(31-18-15-25(16-19-31)27-17-20-36-34(24-27)33-13-7-8-14-35(33)56(36)30-11-5-2-6-12-30)32-22-28(38-43(59)49(65)53(69)50(66)44(38)60)21-29(23-32)39-45(61)51(67)54(70)52(68)46(39)62/h1-24,57-70H. The number of phenols is 14. The molecule has 0 aliphatic carbocycles. The van der Waals surface area contributed by atoms with Crippen LogP contribution in [0.25, 0.3) is 72.0 Å². The number of aromatic nitrogens is 1. The van der Waals surface area contributed by atoms with Gasteiger partial charge in [-0.15, -0.1) is 0 Å². The van der Waals surface area contributed by atoms with E-state index in [9.17, 15) is 71.5 Å². The molecule has 0 atom stereocenters. The summed E-state index contributed by atoms with van der Waals surface area (Å²) < 4.78 is 2.16. The molecular formula is C54H38N2O14. The van der Waals surface area contributed by atoms with Gasteiger partial charge in [0.15, 0.2) is 46.0 Å². The number of para-hydroxylation sites is 2. The molecule has 1 aromatic heterocycles. The molecule has 10 rings (SSSR count). The first kappa shape index (κ1) is 43.7. The van der Waals surface area contributed by atoms with E-state index in [0.717, 1.165) is 56.2 Å². The molecule has 0 spiro atoms. The van der Waals surface area contributed by atoms with Gasteiger partial charge in [-0.05, 0) is 88.5 Å². The van der Waals surface area contributed by atoms with Crippen molar-refractivity contribution in [2.24, 2.45) is 0 Å². The molecule has 0 bridgehead atoms. The molecule has 0 aliphatic rings. The van der Waals surface area contributed by atoms with E-state index < -0.39 is 108 Å². The van der Waals surface area contributed by atoms with Crippen LogP contribution in [0.5, 0.6) is 80.5 Å². The average molecular weight is 939 g/mol. The summed E-state index contributed by atoms with van der Waals surface area (Å²) in [6, 6.07) is 41.4. The molecule has 10 aromatic rings. The normalized spacial score (nSPS) is 11.4. The quantitative estimate of drug-likeness (QED) is 0.0498. The van der Waals surface area contributed by atoms with Crippen molar-refractivity contribution in [2.45, 2.75) is 0 Å². The molecule has 0 radical (unpaired) electrons. The molecule has 70 heavy (non-hydrogen) atoms. The minimum absolute atomic E-state index is 0.0557. The third-order valence-corrected chi connectivity index (χ3v) is 12.3. The maximum Gasteiger partial charge on any atom is 0.208 e. The highest BCUT2D eigenvalue weighted by Gasteiger charge is 2.33. The number of hydrogen-bond acceptors (Lipinski definition) is 15. The van der Waals surface area contributed by atoms with Crippen LogP contribution in [0.2, 0.25) is 0 Å². The molecule has 0 unspecified atom stereocenters. The lowest BCUT2D eigenvalue weighted by molar-refractivity contribution is 0.330. The molecule has 348 valence electrons. The van der Waals surface area contributed by atoms with Crippen LogP contribution in [0.15, 0.2) is 146 Å². The van der Waals surface area contributed by atoms with Gasteiger partial charge in [0.2, 0.25) is 34.5 Å². The van der Waals surface area contributed by atoms with Crippen LogP contribution in [0.4, 0.5) is 17.1 Å². The minimum Gasteiger partial charge on any atom is -0.504 e. The van der Waals surface area contributed by atoms with Gasteiger partial charge in [-0.1, -0.05) is 84.9 Å². The first-order chi connectivity index (χ1) is 33.6. The SMILES string of the molecule is Oc1c(O)c(O)c(-c2cc(-c3c(O)c(O)c(O)c(O)c3O)cc(N(c3ccc(-c4ccc5c(c4)c4ccccc4n5-c4ccccc4)cc3)c3c(O)c(O)c(-c4ccccc4)c(O)c3O)c2)c(O)c1O. The molecule has 16 nitrogen and oxygen atoms in total. The number of hydrogen-bond donors (Lipinski definition) is 14. The summed E-state index contributed by atoms with van der Waals surface area (Å²) in [5.41, 5.74) is 0.855. The van der Waals surface area contributed by atoms with Gasteiger partial charge in [0.25, 0.3) is 0 Å². The van der Waals surface area contributed by atoms with E-state index in [2.05, 4.69) is 4.57 Å². The summed E-state index contributed by atoms with van der Waals surface area (Å²) in [6.07, 6.45) is 0. The molecular weight excluding hydrogens is 901 g/mol. The molecule has 0 saturated heterocycles. The monoisotopic (exact) mass is 938 g/mol. The van der Waals surface area contributed by atoms with Gasteiger partial charge in [-0.25, -0.2) is 0 Å². The van der Waals surface area contributed by atoms with Crippen LogP contribution in [0, 0.1) is 0 Å². The largest absolute Gasteiger partial charge is 0.504 e. The zero-order valence-electron chi connectivity index (χ0n) is 36.0. The molecule has 0 aliphatic heterocycles. The van der Waals surface area contributed by atoms with Crippen molar-refractivity contribution in [3.05, 3.63) is 146 Å². The first-order valence-corrected chi connectivity index (χ1v) is 21.2. The molecule has 1 heterocycles. The van der Waals surface area contributed by atoms with Crippen molar-refractivity contribution in [3.63, 3.8) is 0 Å². The Morgan fingerprint density at radius 3 is 1.21 bits per heavy atom. The molecule has 14 N–H and O–H groups in total. The number of nitrogens with zero attached hydrogens (tertiary/aromatic N) is 2. The zero-order valence-corrected chi connectivity index (χ0v) is 36.0. The number of aromatic hydroxyl groups is 14. The van der Waals surface area contributed by atoms with Gasteiger partial charge in [-0.2, -0.15) is 0 Å². The summed E-state index contributed by atoms with van der Waals surface area (Å²) in [7, 11) is 0. The maximum absolute atomic E-state index is 12.0. The van der Waals surface area contributed by atoms with Crippen LogP contribution in [-0.2, 0) is 0 Å². The Hall–Kier alpha value is -10.2. The van der Waals surface area contributed by atoms with Crippen LogP contribution < -0.4 is 4.90 Å². The van der Waals surface area contributed by atoms with Gasteiger partial charge in [-0.3, -0.25) is 0 Å². The van der Waals surface area contributed by atoms with Crippen LogP contribution in [0.1, 0.15) is 0 Å². The van der Waals surface area contributed by atoms with Gasteiger partial charge in [0, 0.05) is 27.8 Å². The van der Waals surface area contributed by atoms with Gasteiger partial charge in [0.05, 0.1) is 27.7 Å². The fraction of sp³-hybridized carbons (Fsp3) is 0. The van der Waals surface area contributed by atoms with Gasteiger partial charge in [0.1, 0.15) is 5.69 Å². The third kappa shape index (κ3) is 6.62. The Labute approximate surface area is 394 Å². The fourth-order valence-corrected chi connectivity index (χ4v) is 8.94. The average Bonchev–Trinajstić information content (AvgIpc) is 3.71. The van der Waals surface area contributed by atoms with E-state index in [1.165, 1.54) is 24.3 Å². The van der Waals surface area contributed by atoms with Gasteiger partial charge < -0.3 is 81.0 Å². The minimum atomic E-state index is -1.30. The van der Waals surface area contributed by atoms with Gasteiger partial charge >= 0.3 is 0 Å². The van der Waals surface area contributed by atoms with Crippen molar-refractivity contribution < 1.29 is 71.5 Å². The van der Waals surface area contributed by atoms with E-state index in [1.54, 1.807) is 30.3 Å². The number of benzene rings is 9. The molecule has 0 amide bonds. The van der Waals surface area contributed by atoms with Crippen molar-refractivity contribution in [1.82, 2.24) is 4.57 Å². The number of phenolic OH excluding ortho intramolecular Hbond substituents is 14. The number of rotatable bonds is 8. The topological polar surface area (TPSA) is 291 Å². The summed E-state index contributed by atoms with van der Waals surface area (Å²) >= 11 is 0. The predicted octanol–water partition coefficient (Wildman–Crippen LogP) is 10.8. The third-order valence-electron chi connectivity index (χ3n) is 12.3. The highest BCUT2D eigenvalue weighted by Crippen LogP contribution is 2.61. The Balaban J connectivity index is 1.23. The highest BCUT2D eigenvalue weighted by molar-refractivity contribution is 6.10. The van der Waals surface area contributed by atoms with Crippen molar-refractivity contribution in [2.75, 3.05) is 4.90 Å². The van der Waals surface area contributed by atoms with E-state index in [1.807, 2.05) is 72.8 Å². The maximum atomic E-state index is 12.0. The second kappa shape index (κ2) is 16.3. The van der Waals surface area contributed by atoms with Crippen molar-refractivity contribution >= 4 is 38.9 Å². The smallest absolute Gasteiger partial charge is 0.208 e. The molecule has 16 heteroatoms.